The van der Waals surface area contributed by atoms with Crippen LogP contribution in [-0.2, 0) is 19.6 Å². The monoisotopic (exact) mass is 576 g/mol. The van der Waals surface area contributed by atoms with E-state index in [2.05, 4.69) is 15.4 Å². The third kappa shape index (κ3) is 8.49. The minimum absolute atomic E-state index is 0.00513. The summed E-state index contributed by atoms with van der Waals surface area (Å²) in [5.74, 6) is -1.42. The van der Waals surface area contributed by atoms with Crippen LogP contribution in [-0.4, -0.2) is 62.8 Å². The molecule has 0 spiro atoms. The quantitative estimate of drug-likeness (QED) is 0.420. The van der Waals surface area contributed by atoms with E-state index in [1.807, 2.05) is 0 Å². The lowest BCUT2D eigenvalue weighted by molar-refractivity contribution is -0.130. The van der Waals surface area contributed by atoms with E-state index < -0.39 is 39.2 Å². The van der Waals surface area contributed by atoms with Gasteiger partial charge in [0.25, 0.3) is 5.91 Å². The Bertz CT molecular complexity index is 1330. The summed E-state index contributed by atoms with van der Waals surface area (Å²) in [7, 11) is -2.57. The molecule has 1 fully saturated rings. The number of likely N-dealkylation sites (tertiary alicyclic amines) is 1. The standard InChI is InChI=1S/C28H37FN4O6S/c1-18(34)33-14-12-19(13-15-33)16-23(31-26(35)20-6-8-21(29)9-7-20)27(36)30-22-10-11-25(24(17-22)39-5)40(37,38)32-28(2,3)4/h6-11,17,19,23,32H,12-16H2,1-5H3,(H,30,36)(H,31,35)/t23-/m0/s1. The number of amides is 3. The fraction of sp³-hybridized carbons (Fsp3) is 0.464. The van der Waals surface area contributed by atoms with Gasteiger partial charge in [-0.15, -0.1) is 0 Å². The number of anilines is 1. The van der Waals surface area contributed by atoms with E-state index in [9.17, 15) is 27.2 Å². The SMILES string of the molecule is COc1cc(NC(=O)[C@H](CC2CCN(C(C)=O)CC2)NC(=O)c2ccc(F)cc2)ccc1S(=O)(=O)NC(C)(C)C. The van der Waals surface area contributed by atoms with E-state index in [0.29, 0.717) is 32.4 Å². The fourth-order valence-electron chi connectivity index (χ4n) is 4.55. The Labute approximate surface area is 234 Å². The highest BCUT2D eigenvalue weighted by molar-refractivity contribution is 7.89. The molecule has 1 saturated heterocycles. The first kappa shape index (κ1) is 31.0. The van der Waals surface area contributed by atoms with Crippen LogP contribution in [0.2, 0.25) is 0 Å². The second-order valence-corrected chi connectivity index (χ2v) is 12.6. The molecule has 1 aliphatic rings. The van der Waals surface area contributed by atoms with E-state index >= 15 is 0 Å². The molecule has 1 heterocycles. The fourth-order valence-corrected chi connectivity index (χ4v) is 6.12. The number of piperidine rings is 1. The highest BCUT2D eigenvalue weighted by Gasteiger charge is 2.30. The first-order valence-electron chi connectivity index (χ1n) is 13.0. The third-order valence-corrected chi connectivity index (χ3v) is 8.32. The minimum Gasteiger partial charge on any atom is -0.495 e. The number of halogens is 1. The molecule has 3 N–H and O–H groups in total. The van der Waals surface area contributed by atoms with Crippen LogP contribution < -0.4 is 20.1 Å². The van der Waals surface area contributed by atoms with Gasteiger partial charge in [-0.3, -0.25) is 14.4 Å². The normalized spacial score (nSPS) is 15.3. The zero-order valence-corrected chi connectivity index (χ0v) is 24.2. The molecule has 0 aromatic heterocycles. The lowest BCUT2D eigenvalue weighted by atomic mass is 9.89. The minimum atomic E-state index is -3.90. The van der Waals surface area contributed by atoms with E-state index in [4.69, 9.17) is 4.74 Å². The lowest BCUT2D eigenvalue weighted by Crippen LogP contribution is -2.46. The molecule has 3 rings (SSSR count). The number of carbonyl (C=O) groups is 3. The molecule has 10 nitrogen and oxygen atoms in total. The molecule has 0 bridgehead atoms. The summed E-state index contributed by atoms with van der Waals surface area (Å²) in [5, 5.41) is 5.51. The van der Waals surface area contributed by atoms with Crippen LogP contribution in [0.5, 0.6) is 5.75 Å². The summed E-state index contributed by atoms with van der Waals surface area (Å²) < 4.78 is 46.9. The molecule has 0 radical (unpaired) electrons. The van der Waals surface area contributed by atoms with Crippen molar-refractivity contribution in [3.8, 4) is 5.75 Å². The molecular weight excluding hydrogens is 539 g/mol. The molecule has 0 unspecified atom stereocenters. The second-order valence-electron chi connectivity index (χ2n) is 10.9. The maximum atomic E-state index is 13.4. The summed E-state index contributed by atoms with van der Waals surface area (Å²) in [5.41, 5.74) is -0.232. The van der Waals surface area contributed by atoms with Gasteiger partial charge in [-0.1, -0.05) is 0 Å². The number of benzene rings is 2. The summed E-state index contributed by atoms with van der Waals surface area (Å²) in [6.07, 6.45) is 1.68. The Morgan fingerprint density at radius 2 is 1.70 bits per heavy atom. The van der Waals surface area contributed by atoms with E-state index in [1.54, 1.807) is 25.7 Å². The highest BCUT2D eigenvalue weighted by atomic mass is 32.2. The molecule has 3 amide bonds. The van der Waals surface area contributed by atoms with Crippen molar-refractivity contribution in [1.82, 2.24) is 14.9 Å². The van der Waals surface area contributed by atoms with Crippen LogP contribution in [0.4, 0.5) is 10.1 Å². The second kappa shape index (κ2) is 12.8. The van der Waals surface area contributed by atoms with Crippen LogP contribution in [0.25, 0.3) is 0 Å². The zero-order chi connectivity index (χ0) is 29.7. The van der Waals surface area contributed by atoms with Crippen molar-refractivity contribution in [1.29, 1.82) is 0 Å². The lowest BCUT2D eigenvalue weighted by Gasteiger charge is -2.33. The van der Waals surface area contributed by atoms with Gasteiger partial charge in [0.1, 0.15) is 22.5 Å². The molecule has 2 aromatic carbocycles. The van der Waals surface area contributed by atoms with Gasteiger partial charge in [0.2, 0.25) is 21.8 Å². The molecule has 12 heteroatoms. The summed E-state index contributed by atoms with van der Waals surface area (Å²) >= 11 is 0. The zero-order valence-electron chi connectivity index (χ0n) is 23.4. The first-order chi connectivity index (χ1) is 18.7. The molecule has 0 saturated carbocycles. The molecule has 1 atom stereocenters. The van der Waals surface area contributed by atoms with Gasteiger partial charge in [-0.25, -0.2) is 17.5 Å². The molecule has 1 aliphatic heterocycles. The van der Waals surface area contributed by atoms with E-state index in [-0.39, 0.29) is 33.7 Å². The predicted octanol–water partition coefficient (Wildman–Crippen LogP) is 3.30. The van der Waals surface area contributed by atoms with Crippen molar-refractivity contribution in [3.05, 3.63) is 53.8 Å². The Kier molecular flexibility index (Phi) is 9.91. The largest absolute Gasteiger partial charge is 0.495 e. The van der Waals surface area contributed by atoms with Crippen molar-refractivity contribution in [3.63, 3.8) is 0 Å². The predicted molar refractivity (Wildman–Crippen MR) is 149 cm³/mol. The number of nitrogens with zero attached hydrogens (tertiary/aromatic N) is 1. The molecule has 218 valence electrons. The van der Waals surface area contributed by atoms with Crippen molar-refractivity contribution < 1.29 is 31.9 Å². The number of methoxy groups -OCH3 is 1. The molecule has 40 heavy (non-hydrogen) atoms. The first-order valence-corrected chi connectivity index (χ1v) is 14.5. The van der Waals surface area contributed by atoms with Gasteiger partial charge < -0.3 is 20.3 Å². The van der Waals surface area contributed by atoms with Crippen molar-refractivity contribution in [2.75, 3.05) is 25.5 Å². The number of hydrogen-bond donors (Lipinski definition) is 3. The molecule has 2 aromatic rings. The highest BCUT2D eigenvalue weighted by Crippen LogP contribution is 2.29. The molecule has 0 aliphatic carbocycles. The van der Waals surface area contributed by atoms with Gasteiger partial charge in [-0.05, 0) is 82.3 Å². The van der Waals surface area contributed by atoms with Crippen LogP contribution in [0, 0.1) is 11.7 Å². The van der Waals surface area contributed by atoms with Gasteiger partial charge in [0, 0.05) is 42.9 Å². The topological polar surface area (TPSA) is 134 Å². The average molecular weight is 577 g/mol. The van der Waals surface area contributed by atoms with Gasteiger partial charge in [0.15, 0.2) is 0 Å². The Balaban J connectivity index is 1.81. The number of hydrogen-bond acceptors (Lipinski definition) is 6. The summed E-state index contributed by atoms with van der Waals surface area (Å²) in [6, 6.07) is 8.24. The maximum Gasteiger partial charge on any atom is 0.251 e. The number of rotatable bonds is 9. The van der Waals surface area contributed by atoms with Gasteiger partial charge in [0.05, 0.1) is 7.11 Å². The van der Waals surface area contributed by atoms with Crippen molar-refractivity contribution >= 4 is 33.4 Å². The van der Waals surface area contributed by atoms with Crippen molar-refractivity contribution in [2.45, 2.75) is 63.4 Å². The Morgan fingerprint density at radius 1 is 1.07 bits per heavy atom. The van der Waals surface area contributed by atoms with E-state index in [0.717, 1.165) is 12.1 Å². The summed E-state index contributed by atoms with van der Waals surface area (Å²) in [4.78, 5) is 39.7. The van der Waals surface area contributed by atoms with Crippen molar-refractivity contribution in [2.24, 2.45) is 5.92 Å². The van der Waals surface area contributed by atoms with Crippen LogP contribution in [0.1, 0.15) is 57.3 Å². The van der Waals surface area contributed by atoms with Gasteiger partial charge >= 0.3 is 0 Å². The van der Waals surface area contributed by atoms with Crippen LogP contribution >= 0.6 is 0 Å². The smallest absolute Gasteiger partial charge is 0.251 e. The number of sulfonamides is 1. The Hall–Kier alpha value is -3.51. The summed E-state index contributed by atoms with van der Waals surface area (Å²) in [6.45, 7) is 7.80. The number of nitrogens with one attached hydrogen (secondary N) is 3. The third-order valence-electron chi connectivity index (χ3n) is 6.52. The number of ether oxygens (including phenoxy) is 1. The number of carbonyl (C=O) groups excluding carboxylic acids is 3. The average Bonchev–Trinajstić information content (AvgIpc) is 2.87. The van der Waals surface area contributed by atoms with E-state index in [1.165, 1.54) is 44.4 Å². The van der Waals surface area contributed by atoms with Crippen LogP contribution in [0.15, 0.2) is 47.4 Å². The Morgan fingerprint density at radius 3 is 2.25 bits per heavy atom. The van der Waals surface area contributed by atoms with Crippen LogP contribution in [0.3, 0.4) is 0 Å². The van der Waals surface area contributed by atoms with Gasteiger partial charge in [-0.2, -0.15) is 0 Å². The maximum absolute atomic E-state index is 13.4. The molecular formula is C28H37FN4O6S.